The molecule has 4 rings (SSSR count). The average molecular weight is 379 g/mol. The normalized spacial score (nSPS) is 10.9. The third-order valence-electron chi connectivity index (χ3n) is 3.90. The zero-order chi connectivity index (χ0) is 19.8. The van der Waals surface area contributed by atoms with Crippen LogP contribution < -0.4 is 10.2 Å². The number of aromatic nitrogens is 1. The molecule has 2 aromatic rings. The van der Waals surface area contributed by atoms with Crippen LogP contribution in [0, 0.1) is 20.2 Å². The van der Waals surface area contributed by atoms with Crippen molar-refractivity contribution < 1.29 is 19.0 Å². The van der Waals surface area contributed by atoms with Gasteiger partial charge < -0.3 is 9.15 Å². The van der Waals surface area contributed by atoms with Crippen LogP contribution in [-0.4, -0.2) is 14.8 Å². The summed E-state index contributed by atoms with van der Waals surface area (Å²) < 4.78 is 11.2. The lowest BCUT2D eigenvalue weighted by molar-refractivity contribution is -0.394. The number of hydrogen-bond donors (Lipinski definition) is 0. The van der Waals surface area contributed by atoms with E-state index >= 15 is 0 Å². The first-order chi connectivity index (χ1) is 13.4. The molecule has 0 bridgehead atoms. The molecule has 10 heteroatoms. The van der Waals surface area contributed by atoms with E-state index < -0.39 is 21.2 Å². The summed E-state index contributed by atoms with van der Waals surface area (Å²) in [7, 11) is 0. The van der Waals surface area contributed by atoms with Gasteiger partial charge in [0, 0.05) is 18.2 Å². The fourth-order valence-electron chi connectivity index (χ4n) is 2.62. The minimum absolute atomic E-state index is 0.162. The van der Waals surface area contributed by atoms with Crippen molar-refractivity contribution in [3.8, 4) is 23.0 Å². The van der Waals surface area contributed by atoms with Crippen LogP contribution in [0.5, 0.6) is 11.5 Å². The molecule has 28 heavy (non-hydrogen) atoms. The maximum absolute atomic E-state index is 11.5. The van der Waals surface area contributed by atoms with Crippen molar-refractivity contribution >= 4 is 22.5 Å². The smallest absolute Gasteiger partial charge is 0.318 e. The lowest BCUT2D eigenvalue weighted by Crippen LogP contribution is -1.99. The van der Waals surface area contributed by atoms with E-state index in [1.165, 1.54) is 24.3 Å². The van der Waals surface area contributed by atoms with Crippen molar-refractivity contribution in [1.82, 2.24) is 4.98 Å². The molecule has 0 spiro atoms. The van der Waals surface area contributed by atoms with Crippen LogP contribution in [0.4, 0.5) is 11.4 Å². The first kappa shape index (κ1) is 17.1. The lowest BCUT2D eigenvalue weighted by Gasteiger charge is -2.09. The summed E-state index contributed by atoms with van der Waals surface area (Å²) in [6.45, 7) is 0. The monoisotopic (exact) mass is 379 g/mol. The van der Waals surface area contributed by atoms with Gasteiger partial charge in [-0.1, -0.05) is 0 Å². The summed E-state index contributed by atoms with van der Waals surface area (Å²) in [5.74, 6) is 0.330. The highest BCUT2D eigenvalue weighted by atomic mass is 16.6. The molecular weight excluding hydrogens is 370 g/mol. The number of ether oxygens (including phenoxy) is 1. The maximum Gasteiger partial charge on any atom is 0.318 e. The predicted molar refractivity (Wildman–Crippen MR) is 96.7 cm³/mol. The summed E-state index contributed by atoms with van der Waals surface area (Å²) in [6.07, 6.45) is 0. The van der Waals surface area contributed by atoms with Gasteiger partial charge in [0.05, 0.1) is 15.9 Å². The molecular formula is C18H9N3O7. The molecule has 0 N–H and O–H groups in total. The number of benzene rings is 3. The standard InChI is InChI=1S/C18H9N3O7/c22-11-2-4-13-17(8-11)28-18-9-12(3-5-14(18)19-13)27-16-6-1-10(20(23)24)7-15(16)21(25)26/h1-9H. The fraction of sp³-hybridized carbons (Fsp3) is 0. The second kappa shape index (κ2) is 6.43. The Morgan fingerprint density at radius 2 is 1.75 bits per heavy atom. The van der Waals surface area contributed by atoms with Crippen molar-refractivity contribution in [2.45, 2.75) is 0 Å². The van der Waals surface area contributed by atoms with Crippen LogP contribution >= 0.6 is 0 Å². The summed E-state index contributed by atoms with van der Waals surface area (Å²) in [6, 6.07) is 11.9. The molecule has 1 aliphatic heterocycles. The van der Waals surface area contributed by atoms with Crippen LogP contribution in [-0.2, 0) is 0 Å². The van der Waals surface area contributed by atoms with Gasteiger partial charge in [0.1, 0.15) is 17.0 Å². The van der Waals surface area contributed by atoms with Crippen molar-refractivity contribution in [2.75, 3.05) is 0 Å². The minimum Gasteiger partial charge on any atom is -0.453 e. The summed E-state index contributed by atoms with van der Waals surface area (Å²) in [5.41, 5.74) is 0.116. The van der Waals surface area contributed by atoms with E-state index in [0.717, 1.165) is 18.2 Å². The molecule has 0 unspecified atom stereocenters. The average Bonchev–Trinajstić information content (AvgIpc) is 2.66. The van der Waals surface area contributed by atoms with Gasteiger partial charge >= 0.3 is 5.69 Å². The van der Waals surface area contributed by atoms with Crippen LogP contribution in [0.1, 0.15) is 0 Å². The Balaban J connectivity index is 1.77. The first-order valence-corrected chi connectivity index (χ1v) is 7.86. The molecule has 0 saturated heterocycles. The fourth-order valence-corrected chi connectivity index (χ4v) is 2.62. The molecule has 2 aliphatic rings. The van der Waals surface area contributed by atoms with Gasteiger partial charge in [-0.3, -0.25) is 25.0 Å². The van der Waals surface area contributed by atoms with Gasteiger partial charge in [-0.15, -0.1) is 0 Å². The molecule has 138 valence electrons. The van der Waals surface area contributed by atoms with Gasteiger partial charge in [0.25, 0.3) is 5.69 Å². The number of rotatable bonds is 4. The molecule has 0 atom stereocenters. The van der Waals surface area contributed by atoms with Crippen LogP contribution in [0.15, 0.2) is 63.8 Å². The molecule has 0 radical (unpaired) electrons. The van der Waals surface area contributed by atoms with E-state index in [2.05, 4.69) is 4.98 Å². The quantitative estimate of drug-likeness (QED) is 0.295. The third-order valence-corrected chi connectivity index (χ3v) is 3.90. The third kappa shape index (κ3) is 3.09. The van der Waals surface area contributed by atoms with Gasteiger partial charge in [0.15, 0.2) is 16.8 Å². The Bertz CT molecular complexity index is 1280. The number of non-ortho nitro benzene ring substituents is 1. The van der Waals surface area contributed by atoms with Crippen molar-refractivity contribution in [3.05, 3.63) is 85.0 Å². The Kier molecular flexibility index (Phi) is 3.93. The van der Waals surface area contributed by atoms with E-state index in [4.69, 9.17) is 9.15 Å². The van der Waals surface area contributed by atoms with E-state index in [1.54, 1.807) is 12.1 Å². The predicted octanol–water partition coefficient (Wildman–Crippen LogP) is 3.90. The lowest BCUT2D eigenvalue weighted by atomic mass is 10.2. The zero-order valence-electron chi connectivity index (χ0n) is 13.9. The van der Waals surface area contributed by atoms with Crippen molar-refractivity contribution in [2.24, 2.45) is 0 Å². The molecule has 1 aliphatic carbocycles. The number of nitro groups is 2. The highest BCUT2D eigenvalue weighted by molar-refractivity contribution is 5.77. The summed E-state index contributed by atoms with van der Waals surface area (Å²) in [4.78, 5) is 36.4. The molecule has 1 heterocycles. The molecule has 0 aromatic heterocycles. The topological polar surface area (TPSA) is 139 Å². The summed E-state index contributed by atoms with van der Waals surface area (Å²) in [5, 5.41) is 22.0. The van der Waals surface area contributed by atoms with Gasteiger partial charge in [-0.2, -0.15) is 0 Å². The molecule has 10 nitrogen and oxygen atoms in total. The Hall–Kier alpha value is -4.34. The highest BCUT2D eigenvalue weighted by Gasteiger charge is 2.21. The van der Waals surface area contributed by atoms with Gasteiger partial charge in [-0.05, 0) is 30.3 Å². The molecule has 0 saturated carbocycles. The Morgan fingerprint density at radius 1 is 0.929 bits per heavy atom. The van der Waals surface area contributed by atoms with E-state index in [0.29, 0.717) is 22.6 Å². The minimum atomic E-state index is -0.765. The SMILES string of the molecule is O=c1ccc2nc3ccc(Oc4ccc([N+](=O)[O-])cc4[N+](=O)[O-])cc3oc-2c1. The van der Waals surface area contributed by atoms with E-state index in [9.17, 15) is 25.0 Å². The molecule has 0 fully saturated rings. The Labute approximate surface area is 155 Å². The first-order valence-electron chi connectivity index (χ1n) is 7.86. The molecule has 0 amide bonds. The van der Waals surface area contributed by atoms with Gasteiger partial charge in [-0.25, -0.2) is 4.98 Å². The zero-order valence-corrected chi connectivity index (χ0v) is 13.9. The van der Waals surface area contributed by atoms with Crippen LogP contribution in [0.25, 0.3) is 22.6 Å². The van der Waals surface area contributed by atoms with E-state index in [1.807, 2.05) is 0 Å². The number of fused-ring (bicyclic) bond motifs is 2. The number of hydrogen-bond acceptors (Lipinski definition) is 8. The number of nitro benzene ring substituents is 2. The van der Waals surface area contributed by atoms with E-state index in [-0.39, 0.29) is 16.9 Å². The number of nitrogens with zero attached hydrogens (tertiary/aromatic N) is 3. The maximum atomic E-state index is 11.5. The molecule has 2 aromatic carbocycles. The largest absolute Gasteiger partial charge is 0.453 e. The van der Waals surface area contributed by atoms with Crippen molar-refractivity contribution in [3.63, 3.8) is 0 Å². The highest BCUT2D eigenvalue weighted by Crippen LogP contribution is 2.35. The van der Waals surface area contributed by atoms with Crippen molar-refractivity contribution in [1.29, 1.82) is 0 Å². The Morgan fingerprint density at radius 3 is 2.50 bits per heavy atom. The summed E-state index contributed by atoms with van der Waals surface area (Å²) >= 11 is 0. The van der Waals surface area contributed by atoms with Crippen LogP contribution in [0.3, 0.4) is 0 Å². The second-order valence-electron chi connectivity index (χ2n) is 5.74. The van der Waals surface area contributed by atoms with Crippen LogP contribution in [0.2, 0.25) is 0 Å². The van der Waals surface area contributed by atoms with Gasteiger partial charge in [0.2, 0.25) is 5.75 Å². The second-order valence-corrected chi connectivity index (χ2v) is 5.74.